The molecule has 19 heavy (non-hydrogen) atoms. The Morgan fingerprint density at radius 2 is 2.11 bits per heavy atom. The molecule has 0 fully saturated rings. The van der Waals surface area contributed by atoms with Crippen molar-refractivity contribution < 1.29 is 4.79 Å². The molecule has 0 spiro atoms. The number of benzene rings is 1. The second-order valence-electron chi connectivity index (χ2n) is 4.10. The lowest BCUT2D eigenvalue weighted by molar-refractivity contribution is -0.115. The number of aromatic nitrogens is 2. The van der Waals surface area contributed by atoms with Crippen LogP contribution < -0.4 is 11.1 Å². The number of nitrogens with zero attached hydrogens (tertiary/aromatic N) is 2. The van der Waals surface area contributed by atoms with Crippen LogP contribution in [0, 0.1) is 0 Å². The Morgan fingerprint density at radius 1 is 1.32 bits per heavy atom. The van der Waals surface area contributed by atoms with E-state index in [2.05, 4.69) is 15.3 Å². The highest BCUT2D eigenvalue weighted by molar-refractivity contribution is 6.34. The maximum atomic E-state index is 11.5. The Balaban J connectivity index is 2.19. The zero-order valence-corrected chi connectivity index (χ0v) is 11.1. The smallest absolute Gasteiger partial charge is 0.228 e. The van der Waals surface area contributed by atoms with Crippen molar-refractivity contribution in [3.8, 4) is 11.3 Å². The summed E-state index contributed by atoms with van der Waals surface area (Å²) in [6, 6.07) is 3.49. The highest BCUT2D eigenvalue weighted by Crippen LogP contribution is 2.38. The summed E-state index contributed by atoms with van der Waals surface area (Å²) in [5.74, 6) is 0.0732. The van der Waals surface area contributed by atoms with Crippen LogP contribution in [0.2, 0.25) is 10.2 Å². The zero-order chi connectivity index (χ0) is 13.6. The van der Waals surface area contributed by atoms with Gasteiger partial charge in [0.15, 0.2) is 11.0 Å². The number of carbonyl (C=O) groups is 1. The van der Waals surface area contributed by atoms with Gasteiger partial charge in [-0.3, -0.25) is 4.79 Å². The third-order valence-corrected chi connectivity index (χ3v) is 3.49. The number of carbonyl (C=O) groups excluding carboxylic acids is 1. The molecule has 2 heterocycles. The fourth-order valence-electron chi connectivity index (χ4n) is 2.03. The van der Waals surface area contributed by atoms with Gasteiger partial charge in [-0.15, -0.1) is 0 Å². The maximum Gasteiger partial charge on any atom is 0.228 e. The molecule has 0 unspecified atom stereocenters. The highest BCUT2D eigenvalue weighted by Gasteiger charge is 2.24. The predicted molar refractivity (Wildman–Crippen MR) is 74.2 cm³/mol. The van der Waals surface area contributed by atoms with E-state index in [4.69, 9.17) is 28.9 Å². The van der Waals surface area contributed by atoms with Crippen LogP contribution in [0.1, 0.15) is 5.56 Å². The summed E-state index contributed by atoms with van der Waals surface area (Å²) in [6.07, 6.45) is 1.78. The van der Waals surface area contributed by atoms with E-state index in [0.29, 0.717) is 16.4 Å². The molecule has 0 saturated heterocycles. The Kier molecular flexibility index (Phi) is 2.80. The quantitative estimate of drug-likeness (QED) is 0.847. The van der Waals surface area contributed by atoms with Gasteiger partial charge in [-0.2, -0.15) is 0 Å². The van der Waals surface area contributed by atoms with Gasteiger partial charge in [-0.25, -0.2) is 9.97 Å². The lowest BCUT2D eigenvalue weighted by Gasteiger charge is -2.08. The third kappa shape index (κ3) is 2.01. The molecule has 2 aromatic rings. The van der Waals surface area contributed by atoms with Gasteiger partial charge in [0.1, 0.15) is 0 Å². The van der Waals surface area contributed by atoms with E-state index < -0.39 is 0 Å². The molecular weight excluding hydrogens is 287 g/mol. The lowest BCUT2D eigenvalue weighted by Crippen LogP contribution is -2.03. The summed E-state index contributed by atoms with van der Waals surface area (Å²) in [7, 11) is 0. The minimum Gasteiger partial charge on any atom is -0.381 e. The number of nitrogens with two attached hydrogens (primary N) is 1. The van der Waals surface area contributed by atoms with E-state index in [-0.39, 0.29) is 23.3 Å². The molecular formula is C12H8Cl2N4O. The first-order chi connectivity index (χ1) is 9.06. The Bertz CT molecular complexity index is 702. The first-order valence-electron chi connectivity index (χ1n) is 5.46. The number of fused-ring (bicyclic) bond motifs is 1. The summed E-state index contributed by atoms with van der Waals surface area (Å²) in [5.41, 5.74) is 8.28. The van der Waals surface area contributed by atoms with Crippen molar-refractivity contribution >= 4 is 40.6 Å². The van der Waals surface area contributed by atoms with Crippen LogP contribution in [0.4, 0.5) is 11.5 Å². The molecule has 0 aliphatic carbocycles. The molecule has 0 saturated carbocycles. The summed E-state index contributed by atoms with van der Waals surface area (Å²) in [5, 5.41) is 3.36. The average molecular weight is 295 g/mol. The minimum absolute atomic E-state index is 0.0983. The maximum absolute atomic E-state index is 11.5. The molecule has 5 nitrogen and oxygen atoms in total. The Labute approximate surface area is 118 Å². The summed E-state index contributed by atoms with van der Waals surface area (Å²) >= 11 is 11.9. The molecule has 1 aliphatic rings. The van der Waals surface area contributed by atoms with Gasteiger partial charge in [-0.1, -0.05) is 29.3 Å². The van der Waals surface area contributed by atoms with E-state index >= 15 is 0 Å². The van der Waals surface area contributed by atoms with Gasteiger partial charge < -0.3 is 11.1 Å². The predicted octanol–water partition coefficient (Wildman–Crippen LogP) is 2.53. The number of halogens is 2. The molecule has 1 aliphatic heterocycles. The molecule has 96 valence electrons. The van der Waals surface area contributed by atoms with E-state index in [1.54, 1.807) is 12.1 Å². The normalized spacial score (nSPS) is 13.3. The van der Waals surface area contributed by atoms with Crippen molar-refractivity contribution in [2.75, 3.05) is 11.1 Å². The molecule has 1 aromatic heterocycles. The van der Waals surface area contributed by atoms with Gasteiger partial charge in [-0.05, 0) is 11.6 Å². The number of hydrogen-bond donors (Lipinski definition) is 2. The van der Waals surface area contributed by atoms with Crippen molar-refractivity contribution in [2.45, 2.75) is 6.42 Å². The van der Waals surface area contributed by atoms with Gasteiger partial charge in [0.2, 0.25) is 5.91 Å². The van der Waals surface area contributed by atoms with Gasteiger partial charge in [0.25, 0.3) is 0 Å². The molecule has 0 bridgehead atoms. The number of hydrogen-bond acceptors (Lipinski definition) is 4. The van der Waals surface area contributed by atoms with Crippen LogP contribution in [0.25, 0.3) is 11.3 Å². The number of amides is 1. The van der Waals surface area contributed by atoms with Crippen LogP contribution in [0.15, 0.2) is 18.3 Å². The highest BCUT2D eigenvalue weighted by atomic mass is 35.5. The van der Waals surface area contributed by atoms with E-state index in [1.807, 2.05) is 0 Å². The van der Waals surface area contributed by atoms with Crippen LogP contribution in [0.5, 0.6) is 0 Å². The molecule has 3 N–H and O–H groups in total. The zero-order valence-electron chi connectivity index (χ0n) is 9.58. The lowest BCUT2D eigenvalue weighted by atomic mass is 10.0. The summed E-state index contributed by atoms with van der Waals surface area (Å²) in [4.78, 5) is 19.6. The van der Waals surface area contributed by atoms with Crippen molar-refractivity contribution in [2.24, 2.45) is 0 Å². The van der Waals surface area contributed by atoms with Crippen molar-refractivity contribution in [1.82, 2.24) is 9.97 Å². The van der Waals surface area contributed by atoms with Gasteiger partial charge in [0, 0.05) is 5.56 Å². The molecule has 3 rings (SSSR count). The van der Waals surface area contributed by atoms with Crippen LogP contribution in [0.3, 0.4) is 0 Å². The van der Waals surface area contributed by atoms with Crippen LogP contribution >= 0.6 is 23.2 Å². The number of anilines is 2. The Morgan fingerprint density at radius 3 is 2.84 bits per heavy atom. The first-order valence-corrected chi connectivity index (χ1v) is 6.21. The first kappa shape index (κ1) is 12.2. The second kappa shape index (κ2) is 4.36. The fraction of sp³-hybridized carbons (Fsp3) is 0.0833. The standard InChI is InChI=1S/C12H8Cl2N4O/c13-7-2-1-5(6-3-9(19)18-10(6)7)8-4-16-12(15)11(14)17-8/h1-2,4H,3H2,(H2,15,16)(H,18,19). The monoisotopic (exact) mass is 294 g/mol. The van der Waals surface area contributed by atoms with E-state index in [1.165, 1.54) is 6.20 Å². The van der Waals surface area contributed by atoms with Crippen molar-refractivity contribution in [3.05, 3.63) is 34.1 Å². The minimum atomic E-state index is -0.0983. The number of nitrogens with one attached hydrogen (secondary N) is 1. The summed E-state index contributed by atoms with van der Waals surface area (Å²) in [6.45, 7) is 0. The molecule has 0 atom stereocenters. The fourth-order valence-corrected chi connectivity index (χ4v) is 2.39. The average Bonchev–Trinajstić information content (AvgIpc) is 2.76. The van der Waals surface area contributed by atoms with Crippen molar-refractivity contribution in [3.63, 3.8) is 0 Å². The number of nitrogen functional groups attached to an aromatic ring is 1. The van der Waals surface area contributed by atoms with E-state index in [0.717, 1.165) is 11.1 Å². The second-order valence-corrected chi connectivity index (χ2v) is 4.87. The largest absolute Gasteiger partial charge is 0.381 e. The molecule has 7 heteroatoms. The SMILES string of the molecule is Nc1ncc(-c2ccc(Cl)c3c2CC(=O)N3)nc1Cl. The van der Waals surface area contributed by atoms with Crippen LogP contribution in [-0.2, 0) is 11.2 Å². The Hall–Kier alpha value is -1.85. The van der Waals surface area contributed by atoms with Crippen LogP contribution in [-0.4, -0.2) is 15.9 Å². The van der Waals surface area contributed by atoms with E-state index in [9.17, 15) is 4.79 Å². The van der Waals surface area contributed by atoms with Crippen molar-refractivity contribution in [1.29, 1.82) is 0 Å². The third-order valence-electron chi connectivity index (χ3n) is 2.90. The van der Waals surface area contributed by atoms with Gasteiger partial charge >= 0.3 is 0 Å². The molecule has 1 aromatic carbocycles. The topological polar surface area (TPSA) is 80.9 Å². The summed E-state index contributed by atoms with van der Waals surface area (Å²) < 4.78 is 0. The van der Waals surface area contributed by atoms with Gasteiger partial charge in [0.05, 0.1) is 29.0 Å². The molecule has 1 amide bonds. The number of rotatable bonds is 1. The molecule has 0 radical (unpaired) electrons.